The zero-order chi connectivity index (χ0) is 13.2. The van der Waals surface area contributed by atoms with Gasteiger partial charge in [0.25, 0.3) is 0 Å². The van der Waals surface area contributed by atoms with Crippen LogP contribution < -0.4 is 0 Å². The topological polar surface area (TPSA) is 46.5 Å². The van der Waals surface area contributed by atoms with Gasteiger partial charge in [-0.3, -0.25) is 14.6 Å². The molecule has 3 heterocycles. The van der Waals surface area contributed by atoms with E-state index in [0.717, 1.165) is 15.9 Å². The molecule has 0 saturated heterocycles. The number of hydrogen-bond donors (Lipinski definition) is 1. The van der Waals surface area contributed by atoms with E-state index in [1.165, 1.54) is 4.88 Å². The van der Waals surface area contributed by atoms with Crippen LogP contribution in [0, 0.1) is 4.77 Å². The van der Waals surface area contributed by atoms with E-state index in [-0.39, 0.29) is 0 Å². The summed E-state index contributed by atoms with van der Waals surface area (Å²) < 4.78 is 3.70. The normalized spacial score (nSPS) is 10.8. The molecule has 19 heavy (non-hydrogen) atoms. The maximum atomic E-state index is 5.31. The lowest BCUT2D eigenvalue weighted by atomic mass is 10.2. The van der Waals surface area contributed by atoms with Gasteiger partial charge in [0.2, 0.25) is 0 Å². The van der Waals surface area contributed by atoms with Crippen molar-refractivity contribution in [3.63, 3.8) is 0 Å². The summed E-state index contributed by atoms with van der Waals surface area (Å²) in [5.41, 5.74) is 0.995. The van der Waals surface area contributed by atoms with E-state index >= 15 is 0 Å². The Morgan fingerprint density at radius 3 is 2.79 bits per heavy atom. The smallest absolute Gasteiger partial charge is 0.195 e. The Morgan fingerprint density at radius 2 is 2.11 bits per heavy atom. The lowest BCUT2D eigenvalue weighted by Crippen LogP contribution is -2.01. The number of aromatic amines is 1. The van der Waals surface area contributed by atoms with Crippen LogP contribution in [0.3, 0.4) is 0 Å². The molecule has 3 rings (SSSR count). The second-order valence-electron chi connectivity index (χ2n) is 3.87. The molecule has 0 radical (unpaired) electrons. The van der Waals surface area contributed by atoms with Crippen molar-refractivity contribution in [2.45, 2.75) is 6.54 Å². The van der Waals surface area contributed by atoms with Gasteiger partial charge in [-0.25, -0.2) is 0 Å². The summed E-state index contributed by atoms with van der Waals surface area (Å²) in [6, 6.07) is 5.88. The summed E-state index contributed by atoms with van der Waals surface area (Å²) in [7, 11) is 0. The van der Waals surface area contributed by atoms with Gasteiger partial charge in [0, 0.05) is 27.3 Å². The fourth-order valence-electron chi connectivity index (χ4n) is 1.77. The highest BCUT2D eigenvalue weighted by atomic mass is 79.9. The molecule has 0 aliphatic heterocycles. The maximum absolute atomic E-state index is 5.31. The van der Waals surface area contributed by atoms with Crippen molar-refractivity contribution < 1.29 is 0 Å². The molecule has 4 nitrogen and oxygen atoms in total. The molecule has 3 aromatic rings. The van der Waals surface area contributed by atoms with Crippen molar-refractivity contribution in [2.75, 3.05) is 0 Å². The van der Waals surface area contributed by atoms with Crippen LogP contribution in [0.4, 0.5) is 0 Å². The van der Waals surface area contributed by atoms with E-state index in [1.807, 2.05) is 22.8 Å². The highest BCUT2D eigenvalue weighted by Gasteiger charge is 2.11. The van der Waals surface area contributed by atoms with Crippen LogP contribution in [-0.2, 0) is 6.54 Å². The van der Waals surface area contributed by atoms with Crippen molar-refractivity contribution in [3.05, 3.63) is 50.1 Å². The summed E-state index contributed by atoms with van der Waals surface area (Å²) in [6.45, 7) is 0.700. The molecule has 0 aliphatic rings. The Balaban J connectivity index is 2.05. The predicted octanol–water partition coefficient (Wildman–Crippen LogP) is 3.87. The van der Waals surface area contributed by atoms with Crippen molar-refractivity contribution >= 4 is 39.5 Å². The number of thiophene rings is 1. The molecule has 7 heteroatoms. The van der Waals surface area contributed by atoms with Crippen molar-refractivity contribution in [2.24, 2.45) is 0 Å². The Bertz CT molecular complexity index is 744. The van der Waals surface area contributed by atoms with Crippen LogP contribution in [0.5, 0.6) is 0 Å². The summed E-state index contributed by atoms with van der Waals surface area (Å²) in [6.07, 6.45) is 3.50. The van der Waals surface area contributed by atoms with Gasteiger partial charge in [0.1, 0.15) is 0 Å². The number of hydrogen-bond acceptors (Lipinski definition) is 4. The first kappa shape index (κ1) is 12.7. The third-order valence-electron chi connectivity index (χ3n) is 2.69. The molecular weight excluding hydrogens is 344 g/mol. The molecule has 96 valence electrons. The second-order valence-corrected chi connectivity index (χ2v) is 6.11. The lowest BCUT2D eigenvalue weighted by molar-refractivity contribution is 0.800. The van der Waals surface area contributed by atoms with Gasteiger partial charge >= 0.3 is 0 Å². The van der Waals surface area contributed by atoms with Gasteiger partial charge in [0.15, 0.2) is 10.6 Å². The van der Waals surface area contributed by atoms with Gasteiger partial charge in [-0.15, -0.1) is 11.3 Å². The van der Waals surface area contributed by atoms with Crippen molar-refractivity contribution in [1.82, 2.24) is 19.7 Å². The Kier molecular flexibility index (Phi) is 3.58. The van der Waals surface area contributed by atoms with E-state index < -0.39 is 0 Å². The maximum Gasteiger partial charge on any atom is 0.195 e. The summed E-state index contributed by atoms with van der Waals surface area (Å²) in [5.74, 6) is 0.827. The highest BCUT2D eigenvalue weighted by molar-refractivity contribution is 9.10. The number of H-pyrrole nitrogens is 1. The number of nitrogens with zero attached hydrogens (tertiary/aromatic N) is 3. The number of pyridine rings is 1. The molecule has 0 bridgehead atoms. The average Bonchev–Trinajstić information content (AvgIpc) is 2.99. The minimum Gasteiger partial charge on any atom is -0.295 e. The van der Waals surface area contributed by atoms with E-state index in [9.17, 15) is 0 Å². The minimum atomic E-state index is 0.618. The Labute approximate surface area is 127 Å². The van der Waals surface area contributed by atoms with Crippen molar-refractivity contribution in [1.29, 1.82) is 0 Å². The first-order valence-corrected chi connectivity index (χ1v) is 7.61. The van der Waals surface area contributed by atoms with Crippen LogP contribution in [0.15, 0.2) is 40.4 Å². The summed E-state index contributed by atoms with van der Waals surface area (Å²) >= 11 is 10.5. The number of nitrogens with one attached hydrogen (secondary N) is 1. The second kappa shape index (κ2) is 5.36. The molecule has 0 amide bonds. The monoisotopic (exact) mass is 352 g/mol. The van der Waals surface area contributed by atoms with Gasteiger partial charge < -0.3 is 0 Å². The van der Waals surface area contributed by atoms with Gasteiger partial charge in [-0.2, -0.15) is 5.10 Å². The molecular formula is C12H9BrN4S2. The van der Waals surface area contributed by atoms with E-state index in [1.54, 1.807) is 23.7 Å². The van der Waals surface area contributed by atoms with Gasteiger partial charge in [-0.05, 0) is 51.7 Å². The van der Waals surface area contributed by atoms with Crippen LogP contribution in [0.25, 0.3) is 11.4 Å². The van der Waals surface area contributed by atoms with Crippen LogP contribution >= 0.6 is 39.5 Å². The Hall–Kier alpha value is -1.31. The molecule has 0 atom stereocenters. The van der Waals surface area contributed by atoms with E-state index in [0.29, 0.717) is 11.3 Å². The predicted molar refractivity (Wildman–Crippen MR) is 81.8 cm³/mol. The zero-order valence-corrected chi connectivity index (χ0v) is 12.9. The van der Waals surface area contributed by atoms with Gasteiger partial charge in [-0.1, -0.05) is 0 Å². The van der Waals surface area contributed by atoms with E-state index in [2.05, 4.69) is 36.5 Å². The minimum absolute atomic E-state index is 0.618. The molecule has 1 N–H and O–H groups in total. The third-order valence-corrected chi connectivity index (χ3v) is 4.91. The summed E-state index contributed by atoms with van der Waals surface area (Å²) in [5, 5.41) is 9.21. The van der Waals surface area contributed by atoms with Crippen LogP contribution in [-0.4, -0.2) is 19.7 Å². The van der Waals surface area contributed by atoms with Crippen LogP contribution in [0.1, 0.15) is 4.88 Å². The number of halogens is 1. The quantitative estimate of drug-likeness (QED) is 0.727. The molecule has 0 spiro atoms. The average molecular weight is 353 g/mol. The Morgan fingerprint density at radius 1 is 1.32 bits per heavy atom. The number of aromatic nitrogens is 4. The molecule has 0 fully saturated rings. The first-order chi connectivity index (χ1) is 9.25. The molecule has 0 unspecified atom stereocenters. The third kappa shape index (κ3) is 2.54. The largest absolute Gasteiger partial charge is 0.295 e. The molecule has 0 aliphatic carbocycles. The SMILES string of the molecule is S=c1[nH]nc(-c2ccncc2)n1Cc1sccc1Br. The lowest BCUT2D eigenvalue weighted by Gasteiger charge is -2.05. The highest BCUT2D eigenvalue weighted by Crippen LogP contribution is 2.25. The standard InChI is InChI=1S/C12H9BrN4S2/c13-9-3-6-19-10(9)7-17-11(15-16-12(17)18)8-1-4-14-5-2-8/h1-6H,7H2,(H,16,18). The fourth-order valence-corrected chi connectivity index (χ4v) is 3.43. The molecule has 0 saturated carbocycles. The molecule has 3 aromatic heterocycles. The number of rotatable bonds is 3. The molecule has 0 aromatic carbocycles. The van der Waals surface area contributed by atoms with Crippen molar-refractivity contribution in [3.8, 4) is 11.4 Å². The zero-order valence-electron chi connectivity index (χ0n) is 9.71. The first-order valence-electron chi connectivity index (χ1n) is 5.53. The van der Waals surface area contributed by atoms with Crippen LogP contribution in [0.2, 0.25) is 0 Å². The summed E-state index contributed by atoms with van der Waals surface area (Å²) in [4.78, 5) is 5.23. The van der Waals surface area contributed by atoms with Gasteiger partial charge in [0.05, 0.1) is 6.54 Å². The van der Waals surface area contributed by atoms with E-state index in [4.69, 9.17) is 12.2 Å². The fraction of sp³-hybridized carbons (Fsp3) is 0.0833.